The largest absolute Gasteiger partial charge is 0.482 e. The minimum absolute atomic E-state index is 0.306. The molecule has 0 spiro atoms. The summed E-state index contributed by atoms with van der Waals surface area (Å²) in [5.41, 5.74) is 8.26. The van der Waals surface area contributed by atoms with Gasteiger partial charge in [0.25, 0.3) is 5.91 Å². The number of carbonyl (C=O) groups excluding carboxylic acids is 1. The predicted octanol–water partition coefficient (Wildman–Crippen LogP) is 3.36. The molecule has 0 aliphatic carbocycles. The Morgan fingerprint density at radius 3 is 2.76 bits per heavy atom. The number of carbonyl (C=O) groups is 1. The second-order valence-electron chi connectivity index (χ2n) is 6.53. The molecule has 0 saturated carbocycles. The molecule has 126 valence electrons. The van der Waals surface area contributed by atoms with Crippen molar-refractivity contribution in [2.45, 2.75) is 19.4 Å². The number of pyridine rings is 1. The van der Waals surface area contributed by atoms with Crippen molar-refractivity contribution < 1.29 is 13.9 Å². The Hall–Kier alpha value is -3.15. The number of anilines is 2. The molecule has 0 atom stereocenters. The van der Waals surface area contributed by atoms with Gasteiger partial charge < -0.3 is 15.8 Å². The maximum absolute atomic E-state index is 13.4. The fourth-order valence-electron chi connectivity index (χ4n) is 3.17. The van der Waals surface area contributed by atoms with Crippen LogP contribution in [-0.4, -0.2) is 16.5 Å². The van der Waals surface area contributed by atoms with Gasteiger partial charge in [0, 0.05) is 22.9 Å². The topological polar surface area (TPSA) is 77.2 Å². The minimum Gasteiger partial charge on any atom is -0.482 e. The summed E-state index contributed by atoms with van der Waals surface area (Å²) < 4.78 is 19.5. The monoisotopic (exact) mass is 337 g/mol. The standard InChI is InChI=1S/C19H16FN3O2/c1-19(2)13(10-3-6-16(21)22-9-10)8-15(25-19)17-12-5-4-11(20)7-14(12)23-18(17)24/h3-9H,1-2H3,(H2,21,22)(H,23,24). The molecule has 2 aliphatic heterocycles. The van der Waals surface area contributed by atoms with Crippen LogP contribution >= 0.6 is 0 Å². The van der Waals surface area contributed by atoms with Gasteiger partial charge in [-0.05, 0) is 50.3 Å². The van der Waals surface area contributed by atoms with Gasteiger partial charge in [-0.15, -0.1) is 0 Å². The van der Waals surface area contributed by atoms with E-state index >= 15 is 0 Å². The van der Waals surface area contributed by atoms with Crippen molar-refractivity contribution in [3.8, 4) is 0 Å². The zero-order chi connectivity index (χ0) is 17.8. The number of aromatic nitrogens is 1. The van der Waals surface area contributed by atoms with Gasteiger partial charge >= 0.3 is 0 Å². The number of hydrogen-bond donors (Lipinski definition) is 2. The van der Waals surface area contributed by atoms with Gasteiger partial charge in [-0.25, -0.2) is 9.37 Å². The van der Waals surface area contributed by atoms with Gasteiger partial charge in [0.2, 0.25) is 0 Å². The number of nitrogens with one attached hydrogen (secondary N) is 1. The Morgan fingerprint density at radius 1 is 1.24 bits per heavy atom. The van der Waals surface area contributed by atoms with E-state index in [0.717, 1.165) is 11.1 Å². The Bertz CT molecular complexity index is 959. The number of ether oxygens (including phenoxy) is 1. The second kappa shape index (κ2) is 5.17. The van der Waals surface area contributed by atoms with E-state index in [0.29, 0.717) is 28.4 Å². The molecule has 6 heteroatoms. The lowest BCUT2D eigenvalue weighted by molar-refractivity contribution is -0.111. The van der Waals surface area contributed by atoms with Crippen molar-refractivity contribution in [1.82, 2.24) is 4.98 Å². The van der Waals surface area contributed by atoms with Crippen LogP contribution in [0.15, 0.2) is 48.4 Å². The van der Waals surface area contributed by atoms with Crippen molar-refractivity contribution in [3.05, 3.63) is 65.3 Å². The number of amides is 1. The molecule has 4 rings (SSSR count). The molecule has 1 aromatic heterocycles. The fourth-order valence-corrected chi connectivity index (χ4v) is 3.17. The Kier molecular flexibility index (Phi) is 3.18. The normalized spacial score (nSPS) is 20.8. The summed E-state index contributed by atoms with van der Waals surface area (Å²) in [5, 5.41) is 2.68. The lowest BCUT2D eigenvalue weighted by atomic mass is 9.93. The molecule has 25 heavy (non-hydrogen) atoms. The number of nitrogen functional groups attached to an aromatic ring is 1. The summed E-state index contributed by atoms with van der Waals surface area (Å²) in [6, 6.07) is 7.80. The van der Waals surface area contributed by atoms with Gasteiger partial charge in [-0.3, -0.25) is 4.79 Å². The maximum atomic E-state index is 13.4. The molecule has 0 saturated heterocycles. The first-order valence-electron chi connectivity index (χ1n) is 7.84. The number of rotatable bonds is 1. The molecule has 3 heterocycles. The average molecular weight is 337 g/mol. The summed E-state index contributed by atoms with van der Waals surface area (Å²) in [7, 11) is 0. The van der Waals surface area contributed by atoms with Crippen LogP contribution in [0.25, 0.3) is 11.1 Å². The molecular weight excluding hydrogens is 321 g/mol. The van der Waals surface area contributed by atoms with Crippen LogP contribution in [-0.2, 0) is 9.53 Å². The molecule has 2 aromatic rings. The molecular formula is C19H16FN3O2. The van der Waals surface area contributed by atoms with Crippen molar-refractivity contribution in [3.63, 3.8) is 0 Å². The number of benzene rings is 1. The number of nitrogens with zero attached hydrogens (tertiary/aromatic N) is 1. The van der Waals surface area contributed by atoms with E-state index in [1.54, 1.807) is 18.3 Å². The minimum atomic E-state index is -0.636. The number of halogens is 1. The predicted molar refractivity (Wildman–Crippen MR) is 93.7 cm³/mol. The number of allylic oxidation sites excluding steroid dienone is 1. The number of fused-ring (bicyclic) bond motifs is 1. The second-order valence-corrected chi connectivity index (χ2v) is 6.53. The maximum Gasteiger partial charge on any atom is 0.260 e. The van der Waals surface area contributed by atoms with Crippen LogP contribution in [0, 0.1) is 5.82 Å². The quantitative estimate of drug-likeness (QED) is 0.782. The lowest BCUT2D eigenvalue weighted by Gasteiger charge is -2.23. The van der Waals surface area contributed by atoms with E-state index in [1.807, 2.05) is 26.0 Å². The molecule has 3 N–H and O–H groups in total. The van der Waals surface area contributed by atoms with Crippen LogP contribution in [0.5, 0.6) is 0 Å². The number of hydrogen-bond acceptors (Lipinski definition) is 4. The lowest BCUT2D eigenvalue weighted by Crippen LogP contribution is -2.21. The van der Waals surface area contributed by atoms with E-state index < -0.39 is 11.4 Å². The third-order valence-electron chi connectivity index (χ3n) is 4.36. The summed E-state index contributed by atoms with van der Waals surface area (Å²) >= 11 is 0. The highest BCUT2D eigenvalue weighted by Crippen LogP contribution is 2.44. The van der Waals surface area contributed by atoms with E-state index in [2.05, 4.69) is 10.3 Å². The zero-order valence-electron chi connectivity index (χ0n) is 13.8. The highest BCUT2D eigenvalue weighted by molar-refractivity contribution is 6.32. The Balaban J connectivity index is 1.86. The molecule has 1 aromatic carbocycles. The van der Waals surface area contributed by atoms with Crippen LogP contribution in [0.1, 0.15) is 25.0 Å². The summed E-state index contributed by atoms with van der Waals surface area (Å²) in [5.74, 6) is 0.187. The smallest absolute Gasteiger partial charge is 0.260 e. The van der Waals surface area contributed by atoms with E-state index in [1.165, 1.54) is 12.1 Å². The van der Waals surface area contributed by atoms with E-state index in [9.17, 15) is 9.18 Å². The molecule has 0 fully saturated rings. The van der Waals surface area contributed by atoms with Crippen LogP contribution in [0.3, 0.4) is 0 Å². The molecule has 1 amide bonds. The highest BCUT2D eigenvalue weighted by atomic mass is 19.1. The van der Waals surface area contributed by atoms with Gasteiger partial charge in [-0.2, -0.15) is 0 Å². The third-order valence-corrected chi connectivity index (χ3v) is 4.36. The molecule has 5 nitrogen and oxygen atoms in total. The molecule has 2 aliphatic rings. The van der Waals surface area contributed by atoms with Crippen molar-refractivity contribution >= 4 is 28.6 Å². The molecule has 0 bridgehead atoms. The SMILES string of the molecule is CC1(C)OC(=C2C(=O)Nc3cc(F)ccc32)C=C1c1ccc(N)nc1. The summed E-state index contributed by atoms with van der Waals surface area (Å²) in [6.07, 6.45) is 3.51. The zero-order valence-corrected chi connectivity index (χ0v) is 13.8. The fraction of sp³-hybridized carbons (Fsp3) is 0.158. The highest BCUT2D eigenvalue weighted by Gasteiger charge is 2.38. The van der Waals surface area contributed by atoms with Gasteiger partial charge in [0.1, 0.15) is 23.0 Å². The summed E-state index contributed by atoms with van der Waals surface area (Å²) in [4.78, 5) is 16.5. The van der Waals surface area contributed by atoms with Crippen molar-refractivity contribution in [1.29, 1.82) is 0 Å². The van der Waals surface area contributed by atoms with Crippen molar-refractivity contribution in [2.24, 2.45) is 0 Å². The summed E-state index contributed by atoms with van der Waals surface area (Å²) in [6.45, 7) is 3.84. The van der Waals surface area contributed by atoms with E-state index in [4.69, 9.17) is 10.5 Å². The first kappa shape index (κ1) is 15.4. The molecule has 0 radical (unpaired) electrons. The van der Waals surface area contributed by atoms with E-state index in [-0.39, 0.29) is 5.91 Å². The molecule has 0 unspecified atom stereocenters. The Morgan fingerprint density at radius 2 is 2.04 bits per heavy atom. The van der Waals surface area contributed by atoms with Crippen molar-refractivity contribution in [2.75, 3.05) is 11.1 Å². The first-order valence-corrected chi connectivity index (χ1v) is 7.84. The van der Waals surface area contributed by atoms with Gasteiger partial charge in [-0.1, -0.05) is 0 Å². The third kappa shape index (κ3) is 2.46. The van der Waals surface area contributed by atoms with Crippen LogP contribution in [0.4, 0.5) is 15.9 Å². The Labute approximate surface area is 144 Å². The van der Waals surface area contributed by atoms with Crippen LogP contribution < -0.4 is 11.1 Å². The first-order chi connectivity index (χ1) is 11.8. The van der Waals surface area contributed by atoms with Gasteiger partial charge in [0.15, 0.2) is 0 Å². The van der Waals surface area contributed by atoms with Gasteiger partial charge in [0.05, 0.1) is 11.3 Å². The average Bonchev–Trinajstić information content (AvgIpc) is 3.03. The van der Waals surface area contributed by atoms with Crippen LogP contribution in [0.2, 0.25) is 0 Å². The number of nitrogens with two attached hydrogens (primary N) is 1.